The number of fused-ring (bicyclic) bond motifs is 1. The van der Waals surface area contributed by atoms with E-state index in [1.54, 1.807) is 0 Å². The Morgan fingerprint density at radius 1 is 1.26 bits per heavy atom. The summed E-state index contributed by atoms with van der Waals surface area (Å²) >= 11 is 0. The highest BCUT2D eigenvalue weighted by Gasteiger charge is 2.38. The van der Waals surface area contributed by atoms with Crippen molar-refractivity contribution < 1.29 is 9.47 Å². The minimum absolute atomic E-state index is 0.0669. The molecule has 0 aliphatic carbocycles. The molecule has 1 atom stereocenters. The third-order valence-corrected chi connectivity index (χ3v) is 5.20. The van der Waals surface area contributed by atoms with Crippen molar-refractivity contribution in [3.63, 3.8) is 0 Å². The zero-order valence-corrected chi connectivity index (χ0v) is 13.5. The molecule has 0 aromatic carbocycles. The Kier molecular flexibility index (Phi) is 4.33. The van der Waals surface area contributed by atoms with E-state index in [1.165, 1.54) is 5.69 Å². The van der Waals surface area contributed by atoms with E-state index < -0.39 is 0 Å². The largest absolute Gasteiger partial charge is 0.381 e. The Morgan fingerprint density at radius 2 is 2.17 bits per heavy atom. The Bertz CT molecular complexity index is 643. The topological polar surface area (TPSA) is 47.8 Å². The average molecular weight is 315 g/mol. The van der Waals surface area contributed by atoms with Gasteiger partial charge in [-0.1, -0.05) is 6.07 Å². The molecule has 5 heteroatoms. The summed E-state index contributed by atoms with van der Waals surface area (Å²) in [6, 6.07) is 6.68. The molecule has 5 nitrogen and oxygen atoms in total. The summed E-state index contributed by atoms with van der Waals surface area (Å²) in [6.45, 7) is 3.54. The van der Waals surface area contributed by atoms with Gasteiger partial charge in [0.05, 0.1) is 5.60 Å². The van der Waals surface area contributed by atoms with Gasteiger partial charge in [-0.25, -0.2) is 4.98 Å². The highest BCUT2D eigenvalue weighted by Crippen LogP contribution is 2.34. The molecule has 2 fully saturated rings. The molecule has 1 spiro atoms. The van der Waals surface area contributed by atoms with Gasteiger partial charge in [0.25, 0.3) is 0 Å². The van der Waals surface area contributed by atoms with Crippen molar-refractivity contribution in [2.45, 2.75) is 43.7 Å². The molecular formula is C18H25N3O2. The third-order valence-electron chi connectivity index (χ3n) is 5.20. The molecule has 0 radical (unpaired) electrons. The lowest BCUT2D eigenvalue weighted by Gasteiger charge is -2.43. The molecule has 0 amide bonds. The number of nitrogens with one attached hydrogen (secondary N) is 1. The smallest absolute Gasteiger partial charge is 0.136 e. The summed E-state index contributed by atoms with van der Waals surface area (Å²) in [5.74, 6) is 0. The summed E-state index contributed by atoms with van der Waals surface area (Å²) in [5.41, 5.74) is 2.35. The molecule has 4 rings (SSSR count). The molecule has 2 aliphatic heterocycles. The molecule has 2 aliphatic rings. The fourth-order valence-electron chi connectivity index (χ4n) is 3.87. The van der Waals surface area contributed by atoms with Crippen molar-refractivity contribution in [3.05, 3.63) is 36.3 Å². The van der Waals surface area contributed by atoms with Gasteiger partial charge in [-0.05, 0) is 37.8 Å². The van der Waals surface area contributed by atoms with E-state index in [9.17, 15) is 0 Å². The number of ether oxygens (including phenoxy) is 2. The molecule has 1 unspecified atom stereocenters. The van der Waals surface area contributed by atoms with Crippen LogP contribution in [0.1, 0.15) is 31.4 Å². The van der Waals surface area contributed by atoms with Gasteiger partial charge < -0.3 is 19.2 Å². The minimum Gasteiger partial charge on any atom is -0.381 e. The zero-order chi connectivity index (χ0) is 15.5. The van der Waals surface area contributed by atoms with Gasteiger partial charge in [-0.2, -0.15) is 0 Å². The molecule has 0 saturated carbocycles. The van der Waals surface area contributed by atoms with Crippen molar-refractivity contribution in [3.8, 4) is 0 Å². The molecule has 2 aromatic rings. The van der Waals surface area contributed by atoms with Gasteiger partial charge >= 0.3 is 0 Å². The van der Waals surface area contributed by atoms with Crippen LogP contribution in [-0.4, -0.2) is 47.4 Å². The number of rotatable bonds is 4. The van der Waals surface area contributed by atoms with Crippen LogP contribution in [0.2, 0.25) is 0 Å². The SMILES string of the molecule is c1ccn2c(CCNC3CCOC4(CCOCC4)C3)cnc2c1. The van der Waals surface area contributed by atoms with Crippen molar-refractivity contribution in [1.29, 1.82) is 0 Å². The van der Waals surface area contributed by atoms with Gasteiger partial charge in [0.1, 0.15) is 5.65 Å². The Hall–Kier alpha value is -1.43. The molecule has 124 valence electrons. The van der Waals surface area contributed by atoms with Gasteiger partial charge in [0.15, 0.2) is 0 Å². The van der Waals surface area contributed by atoms with Crippen LogP contribution in [0.15, 0.2) is 30.6 Å². The second kappa shape index (κ2) is 6.59. The van der Waals surface area contributed by atoms with Crippen LogP contribution >= 0.6 is 0 Å². The number of aromatic nitrogens is 2. The van der Waals surface area contributed by atoms with E-state index in [0.717, 1.165) is 64.1 Å². The maximum Gasteiger partial charge on any atom is 0.136 e. The first kappa shape index (κ1) is 15.1. The maximum absolute atomic E-state index is 6.11. The van der Waals surface area contributed by atoms with E-state index in [-0.39, 0.29) is 5.60 Å². The minimum atomic E-state index is 0.0669. The lowest BCUT2D eigenvalue weighted by atomic mass is 9.84. The quantitative estimate of drug-likeness (QED) is 0.939. The van der Waals surface area contributed by atoms with Gasteiger partial charge in [-0.15, -0.1) is 0 Å². The second-order valence-electron chi connectivity index (χ2n) is 6.72. The van der Waals surface area contributed by atoms with Crippen molar-refractivity contribution in [1.82, 2.24) is 14.7 Å². The second-order valence-corrected chi connectivity index (χ2v) is 6.72. The molecule has 2 saturated heterocycles. The van der Waals surface area contributed by atoms with E-state index in [2.05, 4.69) is 27.0 Å². The van der Waals surface area contributed by atoms with Crippen molar-refractivity contribution in [2.75, 3.05) is 26.4 Å². The van der Waals surface area contributed by atoms with Crippen LogP contribution < -0.4 is 5.32 Å². The monoisotopic (exact) mass is 315 g/mol. The lowest BCUT2D eigenvalue weighted by Crippen LogP contribution is -2.50. The molecule has 0 bridgehead atoms. The normalized spacial score (nSPS) is 24.3. The molecule has 23 heavy (non-hydrogen) atoms. The molecule has 4 heterocycles. The van der Waals surface area contributed by atoms with Crippen LogP contribution in [0, 0.1) is 0 Å². The van der Waals surface area contributed by atoms with Crippen molar-refractivity contribution in [2.24, 2.45) is 0 Å². The van der Waals surface area contributed by atoms with Crippen LogP contribution in [0.4, 0.5) is 0 Å². The first-order chi connectivity index (χ1) is 11.3. The lowest BCUT2D eigenvalue weighted by molar-refractivity contribution is -0.140. The fraction of sp³-hybridized carbons (Fsp3) is 0.611. The predicted octanol–water partition coefficient (Wildman–Crippen LogP) is 2.19. The van der Waals surface area contributed by atoms with Gasteiger partial charge in [0, 0.05) is 56.9 Å². The van der Waals surface area contributed by atoms with Gasteiger partial charge in [-0.3, -0.25) is 0 Å². The number of nitrogens with zero attached hydrogens (tertiary/aromatic N) is 2. The van der Waals surface area contributed by atoms with E-state index in [0.29, 0.717) is 6.04 Å². The zero-order valence-electron chi connectivity index (χ0n) is 13.5. The summed E-state index contributed by atoms with van der Waals surface area (Å²) < 4.78 is 13.8. The summed E-state index contributed by atoms with van der Waals surface area (Å²) in [7, 11) is 0. The first-order valence-electron chi connectivity index (χ1n) is 8.71. The molecular weight excluding hydrogens is 290 g/mol. The predicted molar refractivity (Wildman–Crippen MR) is 88.7 cm³/mol. The maximum atomic E-state index is 6.11. The summed E-state index contributed by atoms with van der Waals surface area (Å²) in [6.07, 6.45) is 9.37. The fourth-order valence-corrected chi connectivity index (χ4v) is 3.87. The van der Waals surface area contributed by atoms with E-state index in [4.69, 9.17) is 9.47 Å². The van der Waals surface area contributed by atoms with E-state index in [1.807, 2.05) is 18.3 Å². The summed E-state index contributed by atoms with van der Waals surface area (Å²) in [4.78, 5) is 4.45. The number of pyridine rings is 1. The Balaban J connectivity index is 1.32. The highest BCUT2D eigenvalue weighted by molar-refractivity contribution is 5.39. The average Bonchev–Trinajstić information content (AvgIpc) is 2.99. The van der Waals surface area contributed by atoms with Gasteiger partial charge in [0.2, 0.25) is 0 Å². The third kappa shape index (κ3) is 3.27. The number of imidazole rings is 1. The molecule has 1 N–H and O–H groups in total. The molecule has 2 aromatic heterocycles. The van der Waals surface area contributed by atoms with Crippen LogP contribution in [0.3, 0.4) is 0 Å². The first-order valence-corrected chi connectivity index (χ1v) is 8.71. The number of hydrogen-bond acceptors (Lipinski definition) is 4. The number of hydrogen-bond donors (Lipinski definition) is 1. The Labute approximate surface area is 137 Å². The van der Waals surface area contributed by atoms with Crippen LogP contribution in [0.5, 0.6) is 0 Å². The van der Waals surface area contributed by atoms with E-state index >= 15 is 0 Å². The Morgan fingerprint density at radius 3 is 3.09 bits per heavy atom. The standard InChI is InChI=1S/C18H25N3O2/c1-2-9-21-16(14-20-17(21)3-1)4-8-19-15-5-10-23-18(13-15)6-11-22-12-7-18/h1-3,9,14-15,19H,4-8,10-13H2. The van der Waals surface area contributed by atoms with Crippen molar-refractivity contribution >= 4 is 5.65 Å². The summed E-state index contributed by atoms with van der Waals surface area (Å²) in [5, 5.41) is 3.73. The van der Waals surface area contributed by atoms with Crippen LogP contribution in [0.25, 0.3) is 5.65 Å². The highest BCUT2D eigenvalue weighted by atomic mass is 16.5. The van der Waals surface area contributed by atoms with Crippen LogP contribution in [-0.2, 0) is 15.9 Å².